The van der Waals surface area contributed by atoms with Gasteiger partial charge in [-0.3, -0.25) is 4.79 Å². The first-order valence-corrected chi connectivity index (χ1v) is 17.5. The molecule has 48 heavy (non-hydrogen) atoms. The van der Waals surface area contributed by atoms with Crippen LogP contribution in [0.5, 0.6) is 0 Å². The van der Waals surface area contributed by atoms with E-state index < -0.39 is 98.2 Å². The first-order valence-electron chi connectivity index (χ1n) is 16.1. The van der Waals surface area contributed by atoms with Crippen molar-refractivity contribution < 1.29 is 57.0 Å². The fraction of sp³-hybridized carbons (Fsp3) is 0.618. The van der Waals surface area contributed by atoms with E-state index in [1.807, 2.05) is 0 Å². The van der Waals surface area contributed by atoms with Crippen molar-refractivity contribution in [3.8, 4) is 0 Å². The summed E-state index contributed by atoms with van der Waals surface area (Å²) in [4.78, 5) is 12.1. The van der Waals surface area contributed by atoms with Gasteiger partial charge in [0.05, 0.1) is 46.9 Å². The number of esters is 1. The number of nitrogens with one attached hydrogen (secondary N) is 1. The van der Waals surface area contributed by atoms with Crippen LogP contribution < -0.4 is 4.72 Å². The van der Waals surface area contributed by atoms with Gasteiger partial charge in [-0.25, -0.2) is 21.9 Å². The van der Waals surface area contributed by atoms with Crippen molar-refractivity contribution in [3.05, 3.63) is 65.8 Å². The normalized spacial score (nSPS) is 33.1. The molecular formula is C34H49F2NO10S. The maximum Gasteiger partial charge on any atom is 0.309 e. The maximum absolute atomic E-state index is 13.9. The van der Waals surface area contributed by atoms with E-state index in [1.165, 1.54) is 32.1 Å². The number of rotatable bonds is 11. The summed E-state index contributed by atoms with van der Waals surface area (Å²) in [5, 5.41) is 53.5. The Kier molecular flexibility index (Phi) is 13.3. The summed E-state index contributed by atoms with van der Waals surface area (Å²) < 4.78 is 67.9. The first-order chi connectivity index (χ1) is 22.2. The number of sulfonamides is 1. The Hall–Kier alpha value is -2.56. The van der Waals surface area contributed by atoms with Gasteiger partial charge in [0.15, 0.2) is 11.6 Å². The molecule has 1 fully saturated rings. The number of benzene rings is 1. The van der Waals surface area contributed by atoms with Gasteiger partial charge >= 0.3 is 5.97 Å². The Morgan fingerprint density at radius 2 is 1.88 bits per heavy atom. The van der Waals surface area contributed by atoms with Crippen molar-refractivity contribution >= 4 is 16.0 Å². The second-order valence-electron chi connectivity index (χ2n) is 13.4. The van der Waals surface area contributed by atoms with Crippen molar-refractivity contribution in [2.75, 3.05) is 0 Å². The third kappa shape index (κ3) is 10.2. The van der Waals surface area contributed by atoms with E-state index in [0.29, 0.717) is 24.1 Å². The minimum Gasteiger partial charge on any atom is -0.457 e. The van der Waals surface area contributed by atoms with Crippen LogP contribution in [0.1, 0.15) is 67.2 Å². The van der Waals surface area contributed by atoms with Crippen molar-refractivity contribution in [3.63, 3.8) is 0 Å². The molecule has 6 N–H and O–H groups in total. The van der Waals surface area contributed by atoms with Gasteiger partial charge in [0.1, 0.15) is 18.3 Å². The molecule has 0 bridgehead atoms. The number of carbonyl (C=O) groups is 1. The zero-order valence-corrected chi connectivity index (χ0v) is 28.9. The molecular weight excluding hydrogens is 652 g/mol. The van der Waals surface area contributed by atoms with Gasteiger partial charge in [-0.05, 0) is 63.8 Å². The predicted octanol–water partition coefficient (Wildman–Crippen LogP) is 2.80. The lowest BCUT2D eigenvalue weighted by atomic mass is 9.87. The van der Waals surface area contributed by atoms with Crippen LogP contribution in [-0.4, -0.2) is 93.8 Å². The molecule has 1 aromatic rings. The molecule has 270 valence electrons. The molecule has 0 spiro atoms. The smallest absolute Gasteiger partial charge is 0.309 e. The predicted molar refractivity (Wildman–Crippen MR) is 173 cm³/mol. The highest BCUT2D eigenvalue weighted by Gasteiger charge is 2.55. The highest BCUT2D eigenvalue weighted by atomic mass is 32.2. The van der Waals surface area contributed by atoms with Crippen LogP contribution in [0.25, 0.3) is 0 Å². The number of ether oxygens (including phenoxy) is 2. The average molecular weight is 702 g/mol. The van der Waals surface area contributed by atoms with Crippen LogP contribution in [0, 0.1) is 23.5 Å². The number of aliphatic hydroxyl groups excluding tert-OH is 3. The third-order valence-corrected chi connectivity index (χ3v) is 10.6. The molecule has 1 saturated heterocycles. The van der Waals surface area contributed by atoms with Crippen LogP contribution in [0.15, 0.2) is 59.0 Å². The monoisotopic (exact) mass is 701 g/mol. The zero-order valence-electron chi connectivity index (χ0n) is 28.1. The lowest BCUT2D eigenvalue weighted by Crippen LogP contribution is -2.54. The van der Waals surface area contributed by atoms with Crippen LogP contribution >= 0.6 is 0 Å². The molecule has 14 heteroatoms. The number of hydrogen-bond acceptors (Lipinski definition) is 10. The maximum atomic E-state index is 13.9. The van der Waals surface area contributed by atoms with E-state index in [0.717, 1.165) is 6.07 Å². The minimum atomic E-state index is -4.50. The zero-order chi connectivity index (χ0) is 36.2. The lowest BCUT2D eigenvalue weighted by Gasteiger charge is -2.31. The summed E-state index contributed by atoms with van der Waals surface area (Å²) in [5.74, 6) is -4.18. The number of aliphatic hydroxyl groups is 5. The van der Waals surface area contributed by atoms with Crippen molar-refractivity contribution in [1.29, 1.82) is 0 Å². The summed E-state index contributed by atoms with van der Waals surface area (Å²) in [5.41, 5.74) is -2.97. The lowest BCUT2D eigenvalue weighted by molar-refractivity contribution is -0.151. The van der Waals surface area contributed by atoms with E-state index >= 15 is 0 Å². The molecule has 3 rings (SSSR count). The number of cyclic esters (lactones) is 1. The molecule has 0 aromatic heterocycles. The van der Waals surface area contributed by atoms with E-state index in [-0.39, 0.29) is 19.3 Å². The van der Waals surface area contributed by atoms with Crippen LogP contribution in [0.4, 0.5) is 8.78 Å². The molecule has 0 radical (unpaired) electrons. The Labute approximate surface area is 281 Å². The van der Waals surface area contributed by atoms with Gasteiger partial charge < -0.3 is 35.0 Å². The molecule has 2 aliphatic heterocycles. The molecule has 2 aliphatic rings. The molecule has 11 atom stereocenters. The van der Waals surface area contributed by atoms with Crippen LogP contribution in [-0.2, 0) is 24.3 Å². The quantitative estimate of drug-likeness (QED) is 0.0868. The Bertz CT molecular complexity index is 1480. The molecule has 0 amide bonds. The first kappa shape index (κ1) is 39.9. The average Bonchev–Trinajstić information content (AvgIpc) is 3.80. The topological polar surface area (TPSA) is 186 Å². The Balaban J connectivity index is 1.92. The van der Waals surface area contributed by atoms with Crippen molar-refractivity contribution in [1.82, 2.24) is 4.72 Å². The standard InChI is InChI=1S/C34H49F2NO10S/c1-7-26(39)21(4)30-31(47-30)32(37-48(44,45)23-11-12-24(35)25(36)18-23)34(6,43)15-8-9-19(2)29-20(3)10-13-27(40)33(5,42)16-14-22(38)17-28(41)46-29/h8-13,15,18,20-22,26-27,29-32,37-40,42-43H,7,14,16-17H2,1-6H3/b13-10+,15-8+,19-9+/t20-,21+,22+,26-,27-,29?,30?,31?,32?,33+,34?/m0/s1. The number of halogens is 2. The molecule has 11 nitrogen and oxygen atoms in total. The van der Waals surface area contributed by atoms with Gasteiger partial charge in [0.25, 0.3) is 0 Å². The second-order valence-corrected chi connectivity index (χ2v) is 15.1. The fourth-order valence-electron chi connectivity index (χ4n) is 5.70. The molecule has 5 unspecified atom stereocenters. The second kappa shape index (κ2) is 16.0. The van der Waals surface area contributed by atoms with Crippen LogP contribution in [0.3, 0.4) is 0 Å². The van der Waals surface area contributed by atoms with Gasteiger partial charge in [-0.15, -0.1) is 0 Å². The van der Waals surface area contributed by atoms with Crippen LogP contribution in [0.2, 0.25) is 0 Å². The Morgan fingerprint density at radius 3 is 2.50 bits per heavy atom. The molecule has 0 saturated carbocycles. The SMILES string of the molecule is CC[C@H](O)[C@@H](C)C1OC1C(NS(=O)(=O)c1ccc(F)c(F)c1)C(C)(O)/C=C/C=C(\C)C1OC(=O)C[C@H](O)CC[C@@](C)(O)[C@@H](O)/C=C/[C@@H]1C. The highest BCUT2D eigenvalue weighted by Crippen LogP contribution is 2.39. The van der Waals surface area contributed by atoms with Crippen molar-refractivity contribution in [2.24, 2.45) is 11.8 Å². The Morgan fingerprint density at radius 1 is 1.21 bits per heavy atom. The summed E-state index contributed by atoms with van der Waals surface area (Å²) >= 11 is 0. The van der Waals surface area contributed by atoms with Gasteiger partial charge in [0.2, 0.25) is 10.0 Å². The van der Waals surface area contributed by atoms with Gasteiger partial charge in [-0.2, -0.15) is 0 Å². The van der Waals surface area contributed by atoms with E-state index in [1.54, 1.807) is 39.8 Å². The largest absolute Gasteiger partial charge is 0.457 e. The molecule has 1 aromatic carbocycles. The van der Waals surface area contributed by atoms with Crippen molar-refractivity contribution in [2.45, 2.75) is 126 Å². The summed E-state index contributed by atoms with van der Waals surface area (Å²) in [7, 11) is -4.50. The van der Waals surface area contributed by atoms with Gasteiger partial charge in [0, 0.05) is 11.8 Å². The number of carbonyl (C=O) groups excluding carboxylic acids is 1. The number of hydrogen-bond donors (Lipinski definition) is 6. The molecule has 2 heterocycles. The van der Waals surface area contributed by atoms with Gasteiger partial charge in [-0.1, -0.05) is 51.2 Å². The summed E-state index contributed by atoms with van der Waals surface area (Å²) in [6, 6.07) is 0.755. The van der Waals surface area contributed by atoms with E-state index in [9.17, 15) is 47.5 Å². The number of allylic oxidation sites excluding steroid dienone is 2. The fourth-order valence-corrected chi connectivity index (χ4v) is 7.05. The molecule has 0 aliphatic carbocycles. The third-order valence-electron chi connectivity index (χ3n) is 9.14. The summed E-state index contributed by atoms with van der Waals surface area (Å²) in [6.45, 7) is 9.67. The summed E-state index contributed by atoms with van der Waals surface area (Å²) in [6.07, 6.45) is 1.99. The number of epoxide rings is 1. The van der Waals surface area contributed by atoms with E-state index in [4.69, 9.17) is 9.47 Å². The van der Waals surface area contributed by atoms with E-state index in [2.05, 4.69) is 4.72 Å². The highest BCUT2D eigenvalue weighted by molar-refractivity contribution is 7.89. The minimum absolute atomic E-state index is 0.0527.